The zero-order valence-electron chi connectivity index (χ0n) is 17.7. The molecular weight excluding hydrogens is 367 g/mol. The maximum Gasteiger partial charge on any atom is 0.140 e. The fourth-order valence-electron chi connectivity index (χ4n) is 3.37. The molecule has 0 aliphatic carbocycles. The van der Waals surface area contributed by atoms with Gasteiger partial charge in [-0.2, -0.15) is 0 Å². The summed E-state index contributed by atoms with van der Waals surface area (Å²) in [4.78, 5) is 10.2. The molecule has 0 bridgehead atoms. The van der Waals surface area contributed by atoms with Gasteiger partial charge in [0.2, 0.25) is 0 Å². The average Bonchev–Trinajstić information content (AvgIpc) is 2.67. The minimum absolute atomic E-state index is 0.0951. The Hall–Kier alpha value is -3.22. The number of fused-ring (bicyclic) bond motifs is 1. The van der Waals surface area contributed by atoms with Gasteiger partial charge in [0.15, 0.2) is 0 Å². The predicted molar refractivity (Wildman–Crippen MR) is 119 cm³/mol. The molecule has 29 heavy (non-hydrogen) atoms. The highest BCUT2D eigenvalue weighted by Crippen LogP contribution is 2.35. The average molecular weight is 397 g/mol. The quantitative estimate of drug-likeness (QED) is 0.634. The largest absolute Gasteiger partial charge is 0.383 e. The van der Waals surface area contributed by atoms with Gasteiger partial charge in [-0.1, -0.05) is 32.6 Å². The highest BCUT2D eigenvalue weighted by Gasteiger charge is 2.26. The first-order valence-electron chi connectivity index (χ1n) is 9.68. The van der Waals surface area contributed by atoms with E-state index in [0.29, 0.717) is 29.2 Å². The molecule has 1 aromatic heterocycles. The lowest BCUT2D eigenvalue weighted by molar-refractivity contribution is 0.400. The predicted octanol–water partition coefficient (Wildman–Crippen LogP) is 4.76. The molecule has 1 aromatic carbocycles. The van der Waals surface area contributed by atoms with Crippen LogP contribution in [0, 0.1) is 11.2 Å². The van der Waals surface area contributed by atoms with Crippen LogP contribution in [0.25, 0.3) is 11.8 Å². The zero-order valence-corrected chi connectivity index (χ0v) is 17.7. The summed E-state index contributed by atoms with van der Waals surface area (Å²) in [6, 6.07) is 5.10. The van der Waals surface area contributed by atoms with Gasteiger partial charge >= 0.3 is 0 Å². The molecule has 0 fully saturated rings. The summed E-state index contributed by atoms with van der Waals surface area (Å²) in [5.41, 5.74) is 9.53. The number of nitrogens with two attached hydrogens (primary N) is 1. The molecule has 1 aliphatic heterocycles. The van der Waals surface area contributed by atoms with Crippen LogP contribution in [0.5, 0.6) is 0 Å². The van der Waals surface area contributed by atoms with E-state index in [1.54, 1.807) is 13.0 Å². The van der Waals surface area contributed by atoms with Crippen molar-refractivity contribution in [3.63, 3.8) is 0 Å². The van der Waals surface area contributed by atoms with Crippen LogP contribution in [0.2, 0.25) is 0 Å². The molecule has 2 aromatic rings. The molecule has 7 heteroatoms. The Balaban J connectivity index is 0.00000145. The maximum atomic E-state index is 14.3. The Morgan fingerprint density at radius 2 is 2.00 bits per heavy atom. The summed E-state index contributed by atoms with van der Waals surface area (Å²) < 4.78 is 14.3. The molecule has 1 aliphatic rings. The van der Waals surface area contributed by atoms with E-state index in [1.165, 1.54) is 12.4 Å². The molecular formula is C22H29FN6. The lowest BCUT2D eigenvalue weighted by atomic mass is 9.96. The summed E-state index contributed by atoms with van der Waals surface area (Å²) in [5.74, 6) is 0.474. The number of aromatic nitrogens is 2. The number of hydrogen-bond acceptors (Lipinski definition) is 6. The van der Waals surface area contributed by atoms with E-state index in [9.17, 15) is 4.39 Å². The van der Waals surface area contributed by atoms with Crippen molar-refractivity contribution in [1.29, 1.82) is 5.41 Å². The Kier molecular flexibility index (Phi) is 7.09. The number of rotatable bonds is 5. The van der Waals surface area contributed by atoms with Crippen LogP contribution in [0.4, 0.5) is 16.0 Å². The van der Waals surface area contributed by atoms with E-state index in [2.05, 4.69) is 21.9 Å². The number of nitrogen functional groups attached to an aromatic ring is 1. The van der Waals surface area contributed by atoms with Crippen molar-refractivity contribution in [1.82, 2.24) is 14.9 Å². The molecule has 2 heterocycles. The number of hydrogen-bond donors (Lipinski definition) is 3. The van der Waals surface area contributed by atoms with Crippen LogP contribution in [0.15, 0.2) is 36.8 Å². The topological polar surface area (TPSA) is 90.9 Å². The van der Waals surface area contributed by atoms with Gasteiger partial charge in [0, 0.05) is 28.7 Å². The van der Waals surface area contributed by atoms with Gasteiger partial charge in [-0.25, -0.2) is 14.4 Å². The van der Waals surface area contributed by atoms with Gasteiger partial charge < -0.3 is 21.4 Å². The second-order valence-electron chi connectivity index (χ2n) is 6.71. The van der Waals surface area contributed by atoms with Gasteiger partial charge in [0.05, 0.1) is 12.1 Å². The van der Waals surface area contributed by atoms with Gasteiger partial charge in [-0.15, -0.1) is 0 Å². The molecule has 4 N–H and O–H groups in total. The summed E-state index contributed by atoms with van der Waals surface area (Å²) >= 11 is 0. The van der Waals surface area contributed by atoms with Gasteiger partial charge in [-0.3, -0.25) is 0 Å². The molecule has 0 amide bonds. The summed E-state index contributed by atoms with van der Waals surface area (Å²) in [7, 11) is 0. The highest BCUT2D eigenvalue weighted by molar-refractivity contribution is 6.04. The Labute approximate surface area is 171 Å². The molecule has 154 valence electrons. The van der Waals surface area contributed by atoms with Crippen molar-refractivity contribution in [2.75, 3.05) is 17.6 Å². The first kappa shape index (κ1) is 22.1. The smallest absolute Gasteiger partial charge is 0.140 e. The van der Waals surface area contributed by atoms with E-state index in [4.69, 9.17) is 11.1 Å². The van der Waals surface area contributed by atoms with Crippen LogP contribution in [-0.4, -0.2) is 33.2 Å². The fraction of sp³-hybridized carbons (Fsp3) is 0.318. The third-order valence-electron chi connectivity index (χ3n) is 4.46. The molecule has 3 rings (SSSR count). The standard InChI is InChI=1S/C20H23FN6.C2H6/c1-11(2)27-13(4)18-14(6-5-7-16(18)21)8-15(27)9-24-20-17(12(3)22)19(23)25-10-26-20;1-2/h5-8,10-11,22H,4,9H2,1-3H3,(H3,23,24,25,26);1-2H3. The zero-order chi connectivity index (χ0) is 21.7. The number of nitrogens with zero attached hydrogens (tertiary/aromatic N) is 3. The third kappa shape index (κ3) is 4.45. The van der Waals surface area contributed by atoms with E-state index >= 15 is 0 Å². The van der Waals surface area contributed by atoms with E-state index in [1.807, 2.05) is 44.7 Å². The van der Waals surface area contributed by atoms with Crippen molar-refractivity contribution in [2.45, 2.75) is 40.7 Å². The van der Waals surface area contributed by atoms with Crippen molar-refractivity contribution < 1.29 is 4.39 Å². The van der Waals surface area contributed by atoms with Crippen molar-refractivity contribution in [2.24, 2.45) is 0 Å². The lowest BCUT2D eigenvalue weighted by Gasteiger charge is -2.37. The molecule has 0 saturated carbocycles. The van der Waals surface area contributed by atoms with E-state index in [0.717, 1.165) is 11.3 Å². The summed E-state index contributed by atoms with van der Waals surface area (Å²) in [6.45, 7) is 14.2. The summed E-state index contributed by atoms with van der Waals surface area (Å²) in [5, 5.41) is 11.2. The van der Waals surface area contributed by atoms with Crippen molar-refractivity contribution in [3.8, 4) is 0 Å². The van der Waals surface area contributed by atoms with E-state index in [-0.39, 0.29) is 23.4 Å². The van der Waals surface area contributed by atoms with Gasteiger partial charge in [0.1, 0.15) is 23.8 Å². The second kappa shape index (κ2) is 9.32. The monoisotopic (exact) mass is 396 g/mol. The Morgan fingerprint density at radius 1 is 1.31 bits per heavy atom. The minimum Gasteiger partial charge on any atom is -0.383 e. The maximum absolute atomic E-state index is 14.3. The SMILES string of the molecule is C=C1c2c(F)cccc2C=C(CNc2ncnc(N)c2C(C)=N)N1C(C)C.CC. The third-order valence-corrected chi connectivity index (χ3v) is 4.46. The number of anilines is 2. The normalized spacial score (nSPS) is 12.7. The Morgan fingerprint density at radius 3 is 2.62 bits per heavy atom. The van der Waals surface area contributed by atoms with Crippen LogP contribution in [-0.2, 0) is 0 Å². The Bertz CT molecular complexity index is 948. The number of nitrogens with one attached hydrogen (secondary N) is 2. The molecule has 0 unspecified atom stereocenters. The summed E-state index contributed by atoms with van der Waals surface area (Å²) in [6.07, 6.45) is 3.31. The fourth-order valence-corrected chi connectivity index (χ4v) is 3.37. The first-order chi connectivity index (χ1) is 13.8. The van der Waals surface area contributed by atoms with Gasteiger partial charge in [0.25, 0.3) is 0 Å². The molecule has 0 saturated heterocycles. The molecule has 0 radical (unpaired) electrons. The highest BCUT2D eigenvalue weighted by atomic mass is 19.1. The number of halogens is 1. The van der Waals surface area contributed by atoms with Crippen LogP contribution < -0.4 is 11.1 Å². The lowest BCUT2D eigenvalue weighted by Crippen LogP contribution is -2.34. The van der Waals surface area contributed by atoms with Crippen LogP contribution in [0.3, 0.4) is 0 Å². The van der Waals surface area contributed by atoms with Crippen molar-refractivity contribution >= 4 is 29.1 Å². The molecule has 6 nitrogen and oxygen atoms in total. The number of benzene rings is 1. The van der Waals surface area contributed by atoms with Crippen LogP contribution in [0.1, 0.15) is 51.3 Å². The second-order valence-corrected chi connectivity index (χ2v) is 6.71. The first-order valence-corrected chi connectivity index (χ1v) is 9.68. The van der Waals surface area contributed by atoms with Crippen molar-refractivity contribution in [3.05, 3.63) is 59.3 Å². The van der Waals surface area contributed by atoms with E-state index < -0.39 is 0 Å². The van der Waals surface area contributed by atoms with Gasteiger partial charge in [-0.05, 0) is 38.5 Å². The minimum atomic E-state index is -0.281. The molecule has 0 spiro atoms. The van der Waals surface area contributed by atoms with Crippen LogP contribution >= 0.6 is 0 Å². The molecule has 0 atom stereocenters.